The normalized spacial score (nSPS) is 19.7. The molecule has 3 heterocycles. The van der Waals surface area contributed by atoms with E-state index in [1.807, 2.05) is 24.4 Å². The van der Waals surface area contributed by atoms with Crippen molar-refractivity contribution in [2.45, 2.75) is 25.9 Å². The number of thiocarbonyl (C=S) groups is 1. The van der Waals surface area contributed by atoms with Gasteiger partial charge in [-0.1, -0.05) is 24.3 Å². The van der Waals surface area contributed by atoms with E-state index in [2.05, 4.69) is 77.1 Å². The maximum atomic E-state index is 5.55. The molecule has 1 fully saturated rings. The summed E-state index contributed by atoms with van der Waals surface area (Å²) in [6.07, 6.45) is 1.84. The van der Waals surface area contributed by atoms with Gasteiger partial charge < -0.3 is 14.8 Å². The van der Waals surface area contributed by atoms with Gasteiger partial charge in [0.1, 0.15) is 0 Å². The summed E-state index contributed by atoms with van der Waals surface area (Å²) in [5, 5.41) is 4.21. The Balaban J connectivity index is 1.82. The van der Waals surface area contributed by atoms with Crippen LogP contribution in [0.25, 0.3) is 5.69 Å². The number of aryl methyl sites for hydroxylation is 1. The zero-order valence-electron chi connectivity index (χ0n) is 15.2. The number of likely N-dealkylation sites (N-methyl/N-ethyl adjacent to an activating group) is 1. The van der Waals surface area contributed by atoms with Crippen molar-refractivity contribution >= 4 is 17.3 Å². The van der Waals surface area contributed by atoms with Gasteiger partial charge in [-0.25, -0.2) is 0 Å². The molecule has 26 heavy (non-hydrogen) atoms. The molecule has 2 unspecified atom stereocenters. The van der Waals surface area contributed by atoms with Crippen molar-refractivity contribution in [2.24, 2.45) is 0 Å². The second-order valence-corrected chi connectivity index (χ2v) is 7.12. The van der Waals surface area contributed by atoms with Crippen LogP contribution >= 0.6 is 12.2 Å². The predicted octanol–water partition coefficient (Wildman–Crippen LogP) is 4.09. The van der Waals surface area contributed by atoms with E-state index in [1.54, 1.807) is 0 Å². The lowest BCUT2D eigenvalue weighted by molar-refractivity contribution is 0.367. The monoisotopic (exact) mass is 362 g/mol. The van der Waals surface area contributed by atoms with Crippen molar-refractivity contribution in [3.8, 4) is 5.69 Å². The minimum atomic E-state index is 0.0402. The maximum Gasteiger partial charge on any atom is 0.169 e. The van der Waals surface area contributed by atoms with Gasteiger partial charge in [-0.05, 0) is 62.0 Å². The number of benzene rings is 1. The van der Waals surface area contributed by atoms with Crippen molar-refractivity contribution < 1.29 is 0 Å². The summed E-state index contributed by atoms with van der Waals surface area (Å²) in [6.45, 7) is 4.33. The van der Waals surface area contributed by atoms with Crippen LogP contribution in [-0.4, -0.2) is 26.6 Å². The third kappa shape index (κ3) is 2.69. The van der Waals surface area contributed by atoms with E-state index in [4.69, 9.17) is 12.2 Å². The summed E-state index contributed by atoms with van der Waals surface area (Å²) >= 11 is 5.55. The maximum absolute atomic E-state index is 5.55. The third-order valence-corrected chi connectivity index (χ3v) is 5.55. The molecule has 1 aliphatic rings. The zero-order valence-corrected chi connectivity index (χ0v) is 16.0. The Kier molecular flexibility index (Phi) is 4.24. The quantitative estimate of drug-likeness (QED) is 0.712. The molecule has 5 heteroatoms. The molecule has 0 spiro atoms. The largest absolute Gasteiger partial charge is 0.352 e. The molecular weight excluding hydrogens is 340 g/mol. The number of para-hydroxylation sites is 1. The number of nitrogens with zero attached hydrogens (tertiary/aromatic N) is 3. The number of pyridine rings is 1. The Morgan fingerprint density at radius 3 is 2.46 bits per heavy atom. The average Bonchev–Trinajstić information content (AvgIpc) is 3.12. The number of hydrogen-bond acceptors (Lipinski definition) is 2. The minimum absolute atomic E-state index is 0.0402. The highest BCUT2D eigenvalue weighted by Gasteiger charge is 2.39. The Bertz CT molecular complexity index is 933. The molecule has 2 aromatic heterocycles. The van der Waals surface area contributed by atoms with Crippen LogP contribution in [-0.2, 0) is 0 Å². The van der Waals surface area contributed by atoms with Gasteiger partial charge >= 0.3 is 0 Å². The molecule has 3 aromatic rings. The van der Waals surface area contributed by atoms with Gasteiger partial charge in [0, 0.05) is 30.3 Å². The third-order valence-electron chi connectivity index (χ3n) is 5.14. The summed E-state index contributed by atoms with van der Waals surface area (Å²) < 4.78 is 2.31. The van der Waals surface area contributed by atoms with Crippen LogP contribution in [0.2, 0.25) is 0 Å². The Labute approximate surface area is 159 Å². The van der Waals surface area contributed by atoms with Gasteiger partial charge in [-0.2, -0.15) is 0 Å². The molecule has 0 amide bonds. The summed E-state index contributed by atoms with van der Waals surface area (Å²) in [5.74, 6) is 0. The molecular formula is C21H22N4S. The number of rotatable bonds is 3. The average molecular weight is 363 g/mol. The molecule has 0 aliphatic carbocycles. The molecule has 1 aromatic carbocycles. The van der Waals surface area contributed by atoms with Crippen LogP contribution in [0.15, 0.2) is 60.8 Å². The van der Waals surface area contributed by atoms with E-state index in [-0.39, 0.29) is 12.1 Å². The molecule has 4 rings (SSSR count). The highest BCUT2D eigenvalue weighted by molar-refractivity contribution is 7.80. The first-order chi connectivity index (χ1) is 12.6. The minimum Gasteiger partial charge on any atom is -0.352 e. The Morgan fingerprint density at radius 2 is 1.77 bits per heavy atom. The van der Waals surface area contributed by atoms with Gasteiger partial charge in [0.25, 0.3) is 0 Å². The van der Waals surface area contributed by atoms with Gasteiger partial charge in [0.2, 0.25) is 0 Å². The van der Waals surface area contributed by atoms with Crippen molar-refractivity contribution in [1.82, 2.24) is 19.8 Å². The lowest BCUT2D eigenvalue weighted by Crippen LogP contribution is -2.25. The fourth-order valence-corrected chi connectivity index (χ4v) is 4.15. The number of aromatic nitrogens is 2. The van der Waals surface area contributed by atoms with Crippen molar-refractivity contribution in [3.63, 3.8) is 0 Å². The fourth-order valence-electron chi connectivity index (χ4n) is 3.91. The summed E-state index contributed by atoms with van der Waals surface area (Å²) in [7, 11) is 2.05. The smallest absolute Gasteiger partial charge is 0.169 e. The number of hydrogen-bond donors (Lipinski definition) is 1. The molecule has 2 atom stereocenters. The second kappa shape index (κ2) is 6.57. The van der Waals surface area contributed by atoms with E-state index in [0.717, 1.165) is 10.8 Å². The summed E-state index contributed by atoms with van der Waals surface area (Å²) in [6, 6.07) is 18.9. The zero-order chi connectivity index (χ0) is 18.3. The highest BCUT2D eigenvalue weighted by Crippen LogP contribution is 2.40. The predicted molar refractivity (Wildman–Crippen MR) is 108 cm³/mol. The number of nitrogens with one attached hydrogen (secondary N) is 1. The standard InChI is InChI=1S/C21H22N4S/c1-14-13-17(15(2)25(14)16-9-5-4-6-10-16)20-19(23-21(26)24(20)3)18-11-7-8-12-22-18/h4-13,19-20H,1-3H3,(H,23,26). The molecule has 1 aliphatic heterocycles. The van der Waals surface area contributed by atoms with Gasteiger partial charge in [0.05, 0.1) is 17.8 Å². The molecule has 0 bridgehead atoms. The first-order valence-corrected chi connectivity index (χ1v) is 9.17. The van der Waals surface area contributed by atoms with Crippen LogP contribution in [0.5, 0.6) is 0 Å². The summed E-state index contributed by atoms with van der Waals surface area (Å²) in [4.78, 5) is 6.71. The lowest BCUT2D eigenvalue weighted by Gasteiger charge is -2.24. The highest BCUT2D eigenvalue weighted by atomic mass is 32.1. The van der Waals surface area contributed by atoms with E-state index < -0.39 is 0 Å². The van der Waals surface area contributed by atoms with Gasteiger partial charge in [-0.3, -0.25) is 4.98 Å². The van der Waals surface area contributed by atoms with E-state index >= 15 is 0 Å². The van der Waals surface area contributed by atoms with Crippen molar-refractivity contribution in [1.29, 1.82) is 0 Å². The van der Waals surface area contributed by atoms with Crippen molar-refractivity contribution in [2.75, 3.05) is 7.05 Å². The first kappa shape index (κ1) is 16.8. The fraction of sp³-hybridized carbons (Fsp3) is 0.238. The first-order valence-electron chi connectivity index (χ1n) is 8.76. The van der Waals surface area contributed by atoms with Crippen LogP contribution in [0, 0.1) is 13.8 Å². The molecule has 0 saturated carbocycles. The molecule has 1 N–H and O–H groups in total. The van der Waals surface area contributed by atoms with Crippen LogP contribution in [0.1, 0.15) is 34.7 Å². The molecule has 4 nitrogen and oxygen atoms in total. The van der Waals surface area contributed by atoms with Crippen LogP contribution in [0.4, 0.5) is 0 Å². The SMILES string of the molecule is Cc1cc(C2C(c3ccccn3)NC(=S)N2C)c(C)n1-c1ccccc1. The van der Waals surface area contributed by atoms with Gasteiger partial charge in [0.15, 0.2) is 5.11 Å². The van der Waals surface area contributed by atoms with Crippen LogP contribution < -0.4 is 5.32 Å². The van der Waals surface area contributed by atoms with Gasteiger partial charge in [-0.15, -0.1) is 0 Å². The Morgan fingerprint density at radius 1 is 1.04 bits per heavy atom. The summed E-state index contributed by atoms with van der Waals surface area (Å²) in [5.41, 5.74) is 5.91. The Hall–Kier alpha value is -2.66. The van der Waals surface area contributed by atoms with E-state index in [1.165, 1.54) is 22.6 Å². The molecule has 132 valence electrons. The molecule has 1 saturated heterocycles. The van der Waals surface area contributed by atoms with Crippen molar-refractivity contribution in [3.05, 3.63) is 83.4 Å². The van der Waals surface area contributed by atoms with E-state index in [9.17, 15) is 0 Å². The van der Waals surface area contributed by atoms with E-state index in [0.29, 0.717) is 0 Å². The topological polar surface area (TPSA) is 33.1 Å². The van der Waals surface area contributed by atoms with Crippen LogP contribution in [0.3, 0.4) is 0 Å². The molecule has 0 radical (unpaired) electrons. The second-order valence-electron chi connectivity index (χ2n) is 6.73. The lowest BCUT2D eigenvalue weighted by atomic mass is 9.97.